The van der Waals surface area contributed by atoms with Gasteiger partial charge < -0.3 is 9.47 Å². The van der Waals surface area contributed by atoms with Crippen molar-refractivity contribution in [1.82, 2.24) is 0 Å². The van der Waals surface area contributed by atoms with Crippen LogP contribution in [0.25, 0.3) is 0 Å². The highest BCUT2D eigenvalue weighted by Crippen LogP contribution is 2.22. The topological polar surface area (TPSA) is 60.2 Å². The highest BCUT2D eigenvalue weighted by Gasteiger charge is 2.08. The molecule has 0 aromatic heterocycles. The molecule has 0 fully saturated rings. The predicted octanol–water partition coefficient (Wildman–Crippen LogP) is 7.27. The maximum absolute atomic E-state index is 12.2. The van der Waals surface area contributed by atoms with Crippen molar-refractivity contribution in [3.8, 4) is 11.5 Å². The fourth-order valence-corrected chi connectivity index (χ4v) is 2.83. The lowest BCUT2D eigenvalue weighted by molar-refractivity contribution is 0.0735. The number of benzene rings is 3. The molecule has 0 aliphatic rings. The molecule has 5 nitrogen and oxygen atoms in total. The van der Waals surface area contributed by atoms with Gasteiger partial charge in [0, 0.05) is 3.57 Å². The molecule has 0 aliphatic heterocycles. The summed E-state index contributed by atoms with van der Waals surface area (Å²) in [4.78, 5) is 12.2. The molecule has 0 heterocycles. The molecule has 0 radical (unpaired) electrons. The second-order valence-electron chi connectivity index (χ2n) is 6.36. The van der Waals surface area contributed by atoms with E-state index >= 15 is 0 Å². The average molecular weight is 512 g/mol. The van der Waals surface area contributed by atoms with E-state index < -0.39 is 5.97 Å². The van der Waals surface area contributed by atoms with E-state index in [1.54, 1.807) is 36.4 Å². The summed E-state index contributed by atoms with van der Waals surface area (Å²) < 4.78 is 12.1. The van der Waals surface area contributed by atoms with E-state index in [-0.39, 0.29) is 0 Å². The van der Waals surface area contributed by atoms with Crippen LogP contribution in [0.15, 0.2) is 95.7 Å². The number of unbranched alkanes of at least 4 members (excludes halogenated alkanes) is 1. The number of hydrogen-bond acceptors (Lipinski definition) is 5. The Morgan fingerprint density at radius 1 is 0.867 bits per heavy atom. The molecule has 0 saturated carbocycles. The number of esters is 1. The number of carbonyl (C=O) groups excluding carboxylic acids is 1. The van der Waals surface area contributed by atoms with E-state index in [2.05, 4.69) is 39.4 Å². The first-order chi connectivity index (χ1) is 14.6. The van der Waals surface area contributed by atoms with Gasteiger partial charge in [-0.05, 0) is 108 Å². The lowest BCUT2D eigenvalue weighted by atomic mass is 10.2. The van der Waals surface area contributed by atoms with Gasteiger partial charge in [0.15, 0.2) is 0 Å². The van der Waals surface area contributed by atoms with Gasteiger partial charge >= 0.3 is 5.97 Å². The first-order valence-corrected chi connectivity index (χ1v) is 10.6. The van der Waals surface area contributed by atoms with Crippen LogP contribution in [0.4, 0.5) is 11.4 Å². The van der Waals surface area contributed by atoms with E-state index in [1.807, 2.05) is 42.5 Å². The highest BCUT2D eigenvalue weighted by atomic mass is 127. The Morgan fingerprint density at radius 3 is 2.03 bits per heavy atom. The van der Waals surface area contributed by atoms with E-state index in [0.717, 1.165) is 27.8 Å². The number of ether oxygens (including phenoxy) is 2. The minimum Gasteiger partial charge on any atom is -0.494 e. The summed E-state index contributed by atoms with van der Waals surface area (Å²) in [6, 6.07) is 21.5. The quantitative estimate of drug-likeness (QED) is 0.0757. The van der Waals surface area contributed by atoms with Crippen LogP contribution >= 0.6 is 22.6 Å². The van der Waals surface area contributed by atoms with Crippen LogP contribution in [-0.4, -0.2) is 12.6 Å². The molecular formula is C24H21IN2O3. The molecule has 0 saturated heterocycles. The number of rotatable bonds is 9. The summed E-state index contributed by atoms with van der Waals surface area (Å²) in [5, 5.41) is 8.42. The Labute approximate surface area is 189 Å². The molecule has 0 spiro atoms. The van der Waals surface area contributed by atoms with E-state index in [0.29, 0.717) is 23.6 Å². The van der Waals surface area contributed by atoms with Crippen LogP contribution in [0.1, 0.15) is 23.2 Å². The summed E-state index contributed by atoms with van der Waals surface area (Å²) >= 11 is 2.20. The smallest absolute Gasteiger partial charge is 0.343 e. The largest absolute Gasteiger partial charge is 0.494 e. The zero-order valence-electron chi connectivity index (χ0n) is 16.3. The van der Waals surface area contributed by atoms with Gasteiger partial charge in [0.05, 0.1) is 23.5 Å². The fraction of sp³-hybridized carbons (Fsp3) is 0.125. The second kappa shape index (κ2) is 11.3. The van der Waals surface area contributed by atoms with Crippen LogP contribution in [0.5, 0.6) is 11.5 Å². The molecule has 0 amide bonds. The van der Waals surface area contributed by atoms with Gasteiger partial charge in [-0.25, -0.2) is 4.79 Å². The first kappa shape index (κ1) is 21.7. The molecular weight excluding hydrogens is 491 g/mol. The lowest BCUT2D eigenvalue weighted by Gasteiger charge is -2.05. The van der Waals surface area contributed by atoms with E-state index in [4.69, 9.17) is 9.47 Å². The van der Waals surface area contributed by atoms with Crippen LogP contribution in [0, 0.1) is 3.57 Å². The Kier molecular flexibility index (Phi) is 8.14. The SMILES string of the molecule is C=CCCCOc1ccc(N=Nc2ccc(C(=O)Oc3ccc(I)cc3)cc2)cc1. The molecule has 3 aromatic carbocycles. The summed E-state index contributed by atoms with van der Waals surface area (Å²) in [6.45, 7) is 4.35. The van der Waals surface area contributed by atoms with Crippen molar-refractivity contribution in [3.63, 3.8) is 0 Å². The third kappa shape index (κ3) is 6.81. The second-order valence-corrected chi connectivity index (χ2v) is 7.61. The summed E-state index contributed by atoms with van der Waals surface area (Å²) in [6.07, 6.45) is 3.76. The number of carbonyl (C=O) groups is 1. The van der Waals surface area contributed by atoms with Crippen LogP contribution in [0.3, 0.4) is 0 Å². The minimum absolute atomic E-state index is 0.414. The fourth-order valence-electron chi connectivity index (χ4n) is 2.47. The third-order valence-electron chi connectivity index (χ3n) is 4.07. The number of azo groups is 1. The molecule has 0 atom stereocenters. The zero-order valence-corrected chi connectivity index (χ0v) is 18.5. The lowest BCUT2D eigenvalue weighted by Crippen LogP contribution is -2.07. The van der Waals surface area contributed by atoms with Crippen LogP contribution in [-0.2, 0) is 0 Å². The highest BCUT2D eigenvalue weighted by molar-refractivity contribution is 14.1. The van der Waals surface area contributed by atoms with Crippen molar-refractivity contribution < 1.29 is 14.3 Å². The molecule has 0 unspecified atom stereocenters. The van der Waals surface area contributed by atoms with Crippen molar-refractivity contribution in [2.45, 2.75) is 12.8 Å². The van der Waals surface area contributed by atoms with Gasteiger partial charge in [-0.1, -0.05) is 6.08 Å². The maximum atomic E-state index is 12.2. The molecule has 30 heavy (non-hydrogen) atoms. The van der Waals surface area contributed by atoms with Crippen molar-refractivity contribution in [2.24, 2.45) is 10.2 Å². The molecule has 152 valence electrons. The predicted molar refractivity (Wildman–Crippen MR) is 126 cm³/mol. The van der Waals surface area contributed by atoms with Crippen molar-refractivity contribution in [3.05, 3.63) is 94.6 Å². The number of hydrogen-bond donors (Lipinski definition) is 0. The van der Waals surface area contributed by atoms with Gasteiger partial charge in [0.2, 0.25) is 0 Å². The molecule has 0 aliphatic carbocycles. The first-order valence-electron chi connectivity index (χ1n) is 9.47. The summed E-state index contributed by atoms with van der Waals surface area (Å²) in [7, 11) is 0. The van der Waals surface area contributed by atoms with Crippen molar-refractivity contribution in [1.29, 1.82) is 0 Å². The molecule has 0 bridgehead atoms. The Hall–Kier alpha value is -3.00. The van der Waals surface area contributed by atoms with Gasteiger partial charge in [0.1, 0.15) is 11.5 Å². The van der Waals surface area contributed by atoms with E-state index in [9.17, 15) is 4.79 Å². The van der Waals surface area contributed by atoms with Gasteiger partial charge in [-0.15, -0.1) is 6.58 Å². The number of nitrogens with zero attached hydrogens (tertiary/aromatic N) is 2. The molecule has 3 rings (SSSR count). The third-order valence-corrected chi connectivity index (χ3v) is 4.79. The number of allylic oxidation sites excluding steroid dienone is 1. The van der Waals surface area contributed by atoms with Gasteiger partial charge in [0.25, 0.3) is 0 Å². The molecule has 0 N–H and O–H groups in total. The van der Waals surface area contributed by atoms with Gasteiger partial charge in [-0.2, -0.15) is 10.2 Å². The normalized spacial score (nSPS) is 10.7. The summed E-state index contributed by atoms with van der Waals surface area (Å²) in [5.74, 6) is 0.898. The van der Waals surface area contributed by atoms with Crippen LogP contribution in [0.2, 0.25) is 0 Å². The van der Waals surface area contributed by atoms with Gasteiger partial charge in [-0.3, -0.25) is 0 Å². The Morgan fingerprint density at radius 2 is 1.43 bits per heavy atom. The van der Waals surface area contributed by atoms with Crippen molar-refractivity contribution in [2.75, 3.05) is 6.61 Å². The van der Waals surface area contributed by atoms with Crippen molar-refractivity contribution >= 4 is 39.9 Å². The molecule has 6 heteroatoms. The Balaban J connectivity index is 1.54. The minimum atomic E-state index is -0.414. The molecule has 3 aromatic rings. The standard InChI is InChI=1S/C24H21IN2O3/c1-2-3-4-17-29-22-15-11-21(12-16-22)27-26-20-9-5-18(6-10-20)24(28)30-23-13-7-19(25)8-14-23/h2,5-16H,1,3-4,17H2. The number of halogens is 1. The van der Waals surface area contributed by atoms with Crippen LogP contribution < -0.4 is 9.47 Å². The van der Waals surface area contributed by atoms with E-state index in [1.165, 1.54) is 0 Å². The Bertz CT molecular complexity index is 998. The average Bonchev–Trinajstić information content (AvgIpc) is 2.78. The zero-order chi connectivity index (χ0) is 21.2. The monoisotopic (exact) mass is 512 g/mol. The maximum Gasteiger partial charge on any atom is 0.343 e. The summed E-state index contributed by atoms with van der Waals surface area (Å²) in [5.41, 5.74) is 1.81.